The van der Waals surface area contributed by atoms with Crippen LogP contribution in [0.3, 0.4) is 0 Å². The van der Waals surface area contributed by atoms with Crippen LogP contribution in [-0.4, -0.2) is 74.7 Å². The van der Waals surface area contributed by atoms with Crippen molar-refractivity contribution < 1.29 is 13.5 Å². The number of alkyl halides is 2. The first-order valence-electron chi connectivity index (χ1n) is 10.9. The van der Waals surface area contributed by atoms with Crippen molar-refractivity contribution in [2.45, 2.75) is 40.9 Å². The maximum atomic E-state index is 12.7. The van der Waals surface area contributed by atoms with Crippen molar-refractivity contribution in [3.05, 3.63) is 29.3 Å². The summed E-state index contributed by atoms with van der Waals surface area (Å²) in [6.45, 7) is 14.0. The predicted molar refractivity (Wildman–Crippen MR) is 118 cm³/mol. The molecular weight excluding hydrogens is 388 g/mol. The summed E-state index contributed by atoms with van der Waals surface area (Å²) in [5, 5.41) is 6.62. The lowest BCUT2D eigenvalue weighted by Gasteiger charge is -2.35. The Morgan fingerprint density at radius 2 is 1.83 bits per heavy atom. The van der Waals surface area contributed by atoms with E-state index in [4.69, 9.17) is 0 Å². The molecular formula is C22H37F2N5O. The lowest BCUT2D eigenvalue weighted by Crippen LogP contribution is -2.48. The summed E-state index contributed by atoms with van der Waals surface area (Å²) in [5.74, 6) is 1.33. The van der Waals surface area contributed by atoms with E-state index in [1.165, 1.54) is 0 Å². The molecule has 0 saturated carbocycles. The molecule has 0 amide bonds. The number of nitrogens with one attached hydrogen (secondary N) is 2. The first-order chi connectivity index (χ1) is 14.4. The Labute approximate surface area is 179 Å². The summed E-state index contributed by atoms with van der Waals surface area (Å²) in [4.78, 5) is 9.58. The molecule has 0 aliphatic carbocycles. The van der Waals surface area contributed by atoms with Gasteiger partial charge in [0.1, 0.15) is 5.75 Å². The van der Waals surface area contributed by atoms with Gasteiger partial charge in [-0.1, -0.05) is 31.5 Å². The van der Waals surface area contributed by atoms with E-state index >= 15 is 0 Å². The Bertz CT molecular complexity index is 663. The van der Waals surface area contributed by atoms with Crippen LogP contribution in [0.5, 0.6) is 5.75 Å². The van der Waals surface area contributed by atoms with Crippen molar-refractivity contribution >= 4 is 5.96 Å². The third kappa shape index (κ3) is 8.44. The molecule has 8 heteroatoms. The Hall–Kier alpha value is -1.93. The van der Waals surface area contributed by atoms with E-state index in [1.807, 2.05) is 19.9 Å². The summed E-state index contributed by atoms with van der Waals surface area (Å²) in [7, 11) is 0. The first kappa shape index (κ1) is 24.3. The van der Waals surface area contributed by atoms with Crippen LogP contribution < -0.4 is 15.4 Å². The fourth-order valence-corrected chi connectivity index (χ4v) is 3.61. The van der Waals surface area contributed by atoms with Crippen LogP contribution in [0.2, 0.25) is 0 Å². The number of benzene rings is 1. The van der Waals surface area contributed by atoms with Gasteiger partial charge in [0.25, 0.3) is 0 Å². The molecule has 1 heterocycles. The summed E-state index contributed by atoms with van der Waals surface area (Å²) in [6, 6.07) is 5.17. The fraction of sp³-hybridized carbons (Fsp3) is 0.682. The molecule has 1 aliphatic rings. The lowest BCUT2D eigenvalue weighted by atomic mass is 10.1. The summed E-state index contributed by atoms with van der Waals surface area (Å²) < 4.78 is 30.0. The van der Waals surface area contributed by atoms with Crippen LogP contribution in [0.4, 0.5) is 8.78 Å². The molecule has 1 aromatic carbocycles. The molecule has 1 aromatic rings. The van der Waals surface area contributed by atoms with E-state index in [9.17, 15) is 8.78 Å². The van der Waals surface area contributed by atoms with E-state index in [0.717, 1.165) is 57.9 Å². The Morgan fingerprint density at radius 1 is 1.13 bits per heavy atom. The number of piperazine rings is 1. The van der Waals surface area contributed by atoms with Crippen molar-refractivity contribution in [1.82, 2.24) is 20.4 Å². The average Bonchev–Trinajstić information content (AvgIpc) is 2.72. The van der Waals surface area contributed by atoms with Gasteiger partial charge in [-0.15, -0.1) is 0 Å². The largest absolute Gasteiger partial charge is 0.434 e. The molecule has 2 rings (SSSR count). The van der Waals surface area contributed by atoms with E-state index in [1.54, 1.807) is 12.1 Å². The van der Waals surface area contributed by atoms with Crippen molar-refractivity contribution in [2.75, 3.05) is 52.4 Å². The zero-order valence-corrected chi connectivity index (χ0v) is 18.8. The van der Waals surface area contributed by atoms with Gasteiger partial charge in [0.15, 0.2) is 5.96 Å². The van der Waals surface area contributed by atoms with Crippen molar-refractivity contribution in [2.24, 2.45) is 10.9 Å². The lowest BCUT2D eigenvalue weighted by molar-refractivity contribution is -0.0504. The monoisotopic (exact) mass is 425 g/mol. The molecule has 6 nitrogen and oxygen atoms in total. The highest BCUT2D eigenvalue weighted by atomic mass is 19.3. The van der Waals surface area contributed by atoms with E-state index in [0.29, 0.717) is 17.4 Å². The normalized spacial score (nSPS) is 17.2. The second-order valence-electron chi connectivity index (χ2n) is 7.91. The SMILES string of the molecule is CCNC(=NCc1cc(C)ccc1OC(F)F)NCC(C)CN1CCN(CC)CC1. The third-order valence-electron chi connectivity index (χ3n) is 5.28. The summed E-state index contributed by atoms with van der Waals surface area (Å²) in [5.41, 5.74) is 1.63. The van der Waals surface area contributed by atoms with E-state index < -0.39 is 6.61 Å². The highest BCUT2D eigenvalue weighted by Crippen LogP contribution is 2.22. The quantitative estimate of drug-likeness (QED) is 0.446. The van der Waals surface area contributed by atoms with Crippen LogP contribution in [-0.2, 0) is 6.54 Å². The molecule has 1 aliphatic heterocycles. The molecule has 1 fully saturated rings. The fourth-order valence-electron chi connectivity index (χ4n) is 3.61. The Morgan fingerprint density at radius 3 is 2.47 bits per heavy atom. The minimum Gasteiger partial charge on any atom is -0.434 e. The molecule has 1 atom stereocenters. The smallest absolute Gasteiger partial charge is 0.387 e. The van der Waals surface area contributed by atoms with E-state index in [2.05, 4.69) is 44.0 Å². The van der Waals surface area contributed by atoms with Gasteiger partial charge in [-0.05, 0) is 32.4 Å². The molecule has 2 N–H and O–H groups in total. The summed E-state index contributed by atoms with van der Waals surface area (Å²) in [6.07, 6.45) is 0. The van der Waals surface area contributed by atoms with Crippen molar-refractivity contribution in [1.29, 1.82) is 0 Å². The summed E-state index contributed by atoms with van der Waals surface area (Å²) >= 11 is 0. The van der Waals surface area contributed by atoms with Crippen LogP contribution in [0, 0.1) is 12.8 Å². The minimum absolute atomic E-state index is 0.176. The molecule has 0 bridgehead atoms. The molecule has 170 valence electrons. The molecule has 0 radical (unpaired) electrons. The molecule has 1 unspecified atom stereocenters. The molecule has 30 heavy (non-hydrogen) atoms. The topological polar surface area (TPSA) is 52.1 Å². The van der Waals surface area contributed by atoms with E-state index in [-0.39, 0.29) is 12.3 Å². The average molecular weight is 426 g/mol. The molecule has 0 aromatic heterocycles. The Kier molecular flexibility index (Phi) is 10.3. The number of ether oxygens (including phenoxy) is 1. The zero-order chi connectivity index (χ0) is 21.9. The number of likely N-dealkylation sites (N-methyl/N-ethyl adjacent to an activating group) is 1. The highest BCUT2D eigenvalue weighted by molar-refractivity contribution is 5.79. The second kappa shape index (κ2) is 12.7. The molecule has 1 saturated heterocycles. The van der Waals surface area contributed by atoms with Crippen LogP contribution in [0.15, 0.2) is 23.2 Å². The number of hydrogen-bond acceptors (Lipinski definition) is 4. The predicted octanol–water partition coefficient (Wildman–Crippen LogP) is 2.93. The van der Waals surface area contributed by atoms with Gasteiger partial charge in [-0.25, -0.2) is 4.99 Å². The Balaban J connectivity index is 1.89. The highest BCUT2D eigenvalue weighted by Gasteiger charge is 2.17. The maximum absolute atomic E-state index is 12.7. The number of aliphatic imine (C=N–C) groups is 1. The zero-order valence-electron chi connectivity index (χ0n) is 18.8. The standard InChI is InChI=1S/C22H37F2N5O/c1-5-25-22(26-14-18(4)16-29-11-9-28(6-2)10-12-29)27-15-19-13-17(3)7-8-20(19)30-21(23)24/h7-8,13,18,21H,5-6,9-12,14-16H2,1-4H3,(H2,25,26,27). The number of halogens is 2. The second-order valence-corrected chi connectivity index (χ2v) is 7.91. The minimum atomic E-state index is -2.85. The van der Waals surface area contributed by atoms with Gasteiger partial charge >= 0.3 is 6.61 Å². The van der Waals surface area contributed by atoms with Crippen LogP contribution in [0.25, 0.3) is 0 Å². The number of rotatable bonds is 10. The maximum Gasteiger partial charge on any atom is 0.387 e. The van der Waals surface area contributed by atoms with Gasteiger partial charge in [0.05, 0.1) is 6.54 Å². The van der Waals surface area contributed by atoms with Crippen molar-refractivity contribution in [3.63, 3.8) is 0 Å². The number of guanidine groups is 1. The van der Waals surface area contributed by atoms with Gasteiger partial charge < -0.3 is 25.2 Å². The third-order valence-corrected chi connectivity index (χ3v) is 5.28. The number of aryl methyl sites for hydroxylation is 1. The van der Waals surface area contributed by atoms with Gasteiger partial charge in [0, 0.05) is 51.4 Å². The van der Waals surface area contributed by atoms with Gasteiger partial charge in [-0.3, -0.25) is 0 Å². The number of hydrogen-bond donors (Lipinski definition) is 2. The first-order valence-corrected chi connectivity index (χ1v) is 10.9. The van der Waals surface area contributed by atoms with Gasteiger partial charge in [-0.2, -0.15) is 8.78 Å². The van der Waals surface area contributed by atoms with Crippen molar-refractivity contribution in [3.8, 4) is 5.75 Å². The van der Waals surface area contributed by atoms with Gasteiger partial charge in [0.2, 0.25) is 0 Å². The molecule has 0 spiro atoms. The van der Waals surface area contributed by atoms with Crippen LogP contribution in [0.1, 0.15) is 31.9 Å². The number of nitrogens with zero attached hydrogens (tertiary/aromatic N) is 3. The van der Waals surface area contributed by atoms with Crippen LogP contribution >= 0.6 is 0 Å².